The molecule has 12 heteroatoms. The second-order valence-electron chi connectivity index (χ2n) is 12.8. The average molecular weight is 670 g/mol. The van der Waals surface area contributed by atoms with Gasteiger partial charge in [-0.1, -0.05) is 56.3 Å². The van der Waals surface area contributed by atoms with Crippen molar-refractivity contribution in [3.8, 4) is 17.1 Å². The van der Waals surface area contributed by atoms with Gasteiger partial charge in [-0.25, -0.2) is 22.9 Å². The summed E-state index contributed by atoms with van der Waals surface area (Å²) in [5.41, 5.74) is 4.14. The number of hydrogen-bond donors (Lipinski definition) is 2. The van der Waals surface area contributed by atoms with Crippen LogP contribution in [0, 0.1) is 19.8 Å². The first kappa shape index (κ1) is 33.0. The van der Waals surface area contributed by atoms with Crippen molar-refractivity contribution >= 4 is 33.7 Å². The lowest BCUT2D eigenvalue weighted by Gasteiger charge is -2.46. The van der Waals surface area contributed by atoms with E-state index in [1.807, 2.05) is 50.2 Å². The van der Waals surface area contributed by atoms with Gasteiger partial charge in [-0.15, -0.1) is 0 Å². The Hall–Kier alpha value is -4.97. The van der Waals surface area contributed by atoms with Gasteiger partial charge in [0.05, 0.1) is 16.6 Å². The highest BCUT2D eigenvalue weighted by Crippen LogP contribution is 2.35. The van der Waals surface area contributed by atoms with Gasteiger partial charge in [-0.2, -0.15) is 4.98 Å². The molecule has 0 unspecified atom stereocenters. The SMILES string of the molecule is Cc1cccc(C)c1-c1cc2nc(n1)NS(=O)(=O)c1cccc(c1)C(=O)N([C@H]1C[C@@H](OC(=O)Nc3ccccc3)C1)[C@H](CC(C)C)CO2. The number of anilines is 2. The summed E-state index contributed by atoms with van der Waals surface area (Å²) in [6.45, 7) is 8.18. The van der Waals surface area contributed by atoms with Gasteiger partial charge in [0.1, 0.15) is 12.7 Å². The van der Waals surface area contributed by atoms with Gasteiger partial charge in [-0.05, 0) is 67.6 Å². The molecule has 6 rings (SSSR count). The first-order valence-electron chi connectivity index (χ1n) is 16.0. The van der Waals surface area contributed by atoms with Crippen LogP contribution in [0.15, 0.2) is 83.8 Å². The van der Waals surface area contributed by atoms with Crippen LogP contribution in [0.3, 0.4) is 0 Å². The molecule has 11 nitrogen and oxygen atoms in total. The van der Waals surface area contributed by atoms with E-state index in [2.05, 4.69) is 33.9 Å². The van der Waals surface area contributed by atoms with Gasteiger partial charge in [0.25, 0.3) is 15.9 Å². The van der Waals surface area contributed by atoms with Crippen molar-refractivity contribution in [2.75, 3.05) is 16.6 Å². The molecule has 2 amide bonds. The molecule has 0 spiro atoms. The Kier molecular flexibility index (Phi) is 9.36. The Labute approximate surface area is 280 Å². The summed E-state index contributed by atoms with van der Waals surface area (Å²) in [5.74, 6) is -0.0781. The fourth-order valence-electron chi connectivity index (χ4n) is 6.31. The molecule has 1 atom stereocenters. The molecule has 2 heterocycles. The topological polar surface area (TPSA) is 140 Å². The highest BCUT2D eigenvalue weighted by Gasteiger charge is 2.42. The smallest absolute Gasteiger partial charge is 0.411 e. The molecule has 3 aromatic carbocycles. The minimum atomic E-state index is -4.18. The van der Waals surface area contributed by atoms with Crippen LogP contribution in [0.25, 0.3) is 11.3 Å². The Balaban J connectivity index is 1.34. The Bertz CT molecular complexity index is 1910. The van der Waals surface area contributed by atoms with Crippen LogP contribution in [0.5, 0.6) is 5.88 Å². The molecular weight excluding hydrogens is 630 g/mol. The minimum Gasteiger partial charge on any atom is -0.475 e. The molecule has 0 radical (unpaired) electrons. The third-order valence-electron chi connectivity index (χ3n) is 8.61. The highest BCUT2D eigenvalue weighted by molar-refractivity contribution is 7.92. The zero-order valence-corrected chi connectivity index (χ0v) is 28.2. The first-order valence-corrected chi connectivity index (χ1v) is 17.5. The molecular formula is C36H39N5O6S. The van der Waals surface area contributed by atoms with E-state index in [9.17, 15) is 18.0 Å². The van der Waals surface area contributed by atoms with Gasteiger partial charge < -0.3 is 14.4 Å². The Morgan fingerprint density at radius 1 is 1.00 bits per heavy atom. The molecule has 4 bridgehead atoms. The molecule has 4 aromatic rings. The quantitative estimate of drug-likeness (QED) is 0.234. The number of sulfonamides is 1. The molecule has 0 saturated heterocycles. The van der Waals surface area contributed by atoms with Crippen molar-refractivity contribution in [1.82, 2.24) is 14.9 Å². The van der Waals surface area contributed by atoms with E-state index in [-0.39, 0.29) is 46.8 Å². The van der Waals surface area contributed by atoms with Gasteiger partial charge in [0, 0.05) is 41.8 Å². The minimum absolute atomic E-state index is 0.0936. The van der Waals surface area contributed by atoms with Crippen molar-refractivity contribution in [1.29, 1.82) is 0 Å². The lowest BCUT2D eigenvalue weighted by Crippen LogP contribution is -2.57. The number of hydrogen-bond acceptors (Lipinski definition) is 8. The fraction of sp³-hybridized carbons (Fsp3) is 0.333. The summed E-state index contributed by atoms with van der Waals surface area (Å²) < 4.78 is 41.7. The van der Waals surface area contributed by atoms with Crippen molar-refractivity contribution < 1.29 is 27.5 Å². The number of nitrogens with zero attached hydrogens (tertiary/aromatic N) is 3. The monoisotopic (exact) mass is 669 g/mol. The van der Waals surface area contributed by atoms with Crippen LogP contribution >= 0.6 is 0 Å². The number of carbonyl (C=O) groups is 2. The Morgan fingerprint density at radius 2 is 1.71 bits per heavy atom. The normalized spacial score (nSPS) is 20.2. The second-order valence-corrected chi connectivity index (χ2v) is 14.4. The number of aromatic nitrogens is 2. The lowest BCUT2D eigenvalue weighted by molar-refractivity contribution is -0.0240. The fourth-order valence-corrected chi connectivity index (χ4v) is 7.30. The maximum atomic E-state index is 14.3. The first-order chi connectivity index (χ1) is 23.0. The average Bonchev–Trinajstić information content (AvgIpc) is 3.02. The third kappa shape index (κ3) is 7.28. The zero-order chi connectivity index (χ0) is 34.0. The molecule has 1 saturated carbocycles. The standard InChI is InChI=1S/C36H39N5O6S/c1-22(2)16-28-21-46-32-20-31(33-23(3)10-8-11-24(33)4)38-35(39-32)40-48(44,45)30-15-9-12-25(17-30)34(42)41(28)27-18-29(19-27)47-36(43)37-26-13-6-5-7-14-26/h5-15,17,20,22,27-29H,16,18-19,21H2,1-4H3,(H,37,43)(H,38,39,40)/t27-,28-,29+/m1/s1. The number of fused-ring (bicyclic) bond motifs is 4. The molecule has 1 fully saturated rings. The summed E-state index contributed by atoms with van der Waals surface area (Å²) >= 11 is 0. The van der Waals surface area contributed by atoms with Crippen LogP contribution < -0.4 is 14.8 Å². The van der Waals surface area contributed by atoms with E-state index in [4.69, 9.17) is 9.47 Å². The maximum Gasteiger partial charge on any atom is 0.411 e. The lowest BCUT2D eigenvalue weighted by atomic mass is 9.85. The second kappa shape index (κ2) is 13.6. The summed E-state index contributed by atoms with van der Waals surface area (Å²) in [6, 6.07) is 21.9. The maximum absolute atomic E-state index is 14.3. The van der Waals surface area contributed by atoms with Crippen molar-refractivity contribution in [2.45, 2.75) is 70.0 Å². The third-order valence-corrected chi connectivity index (χ3v) is 9.93. The van der Waals surface area contributed by atoms with E-state index < -0.39 is 28.3 Å². The van der Waals surface area contributed by atoms with Crippen molar-refractivity contribution in [2.24, 2.45) is 5.92 Å². The molecule has 1 aromatic heterocycles. The number of aryl methyl sites for hydroxylation is 2. The molecule has 48 heavy (non-hydrogen) atoms. The largest absolute Gasteiger partial charge is 0.475 e. The van der Waals surface area contributed by atoms with E-state index in [1.165, 1.54) is 12.1 Å². The van der Waals surface area contributed by atoms with Gasteiger partial charge in [-0.3, -0.25) is 10.1 Å². The van der Waals surface area contributed by atoms with Gasteiger partial charge >= 0.3 is 6.09 Å². The number of para-hydroxylation sites is 1. The number of benzene rings is 3. The Morgan fingerprint density at radius 3 is 2.42 bits per heavy atom. The van der Waals surface area contributed by atoms with E-state index in [0.717, 1.165) is 16.7 Å². The highest BCUT2D eigenvalue weighted by atomic mass is 32.2. The number of carbonyl (C=O) groups excluding carboxylic acids is 2. The number of rotatable bonds is 6. The number of amides is 2. The molecule has 250 valence electrons. The molecule has 2 aliphatic rings. The van der Waals surface area contributed by atoms with Crippen LogP contribution in [-0.2, 0) is 14.8 Å². The summed E-state index contributed by atoms with van der Waals surface area (Å²) in [7, 11) is -4.18. The molecule has 2 N–H and O–H groups in total. The summed E-state index contributed by atoms with van der Waals surface area (Å²) in [5, 5.41) is 2.73. The molecule has 1 aliphatic heterocycles. The number of ether oxygens (including phenoxy) is 2. The van der Waals surface area contributed by atoms with E-state index >= 15 is 0 Å². The number of nitrogens with one attached hydrogen (secondary N) is 2. The van der Waals surface area contributed by atoms with Crippen molar-refractivity contribution in [3.63, 3.8) is 0 Å². The van der Waals surface area contributed by atoms with Crippen LogP contribution in [0.4, 0.5) is 16.4 Å². The van der Waals surface area contributed by atoms with Gasteiger partial charge in [0.2, 0.25) is 11.8 Å². The summed E-state index contributed by atoms with van der Waals surface area (Å²) in [6.07, 6.45) is 0.511. The predicted octanol–water partition coefficient (Wildman–Crippen LogP) is 6.59. The van der Waals surface area contributed by atoms with Gasteiger partial charge in [0.15, 0.2) is 0 Å². The van der Waals surface area contributed by atoms with E-state index in [0.29, 0.717) is 30.6 Å². The van der Waals surface area contributed by atoms with E-state index in [1.54, 1.807) is 35.2 Å². The summed E-state index contributed by atoms with van der Waals surface area (Å²) in [4.78, 5) is 37.6. The van der Waals surface area contributed by atoms with Crippen molar-refractivity contribution in [3.05, 3.63) is 95.6 Å². The van der Waals surface area contributed by atoms with Crippen LogP contribution in [0.2, 0.25) is 0 Å². The molecule has 1 aliphatic carbocycles. The predicted molar refractivity (Wildman–Crippen MR) is 182 cm³/mol. The van der Waals surface area contributed by atoms with Crippen LogP contribution in [-0.4, -0.2) is 60.1 Å². The van der Waals surface area contributed by atoms with Crippen LogP contribution in [0.1, 0.15) is 54.6 Å². The zero-order valence-electron chi connectivity index (χ0n) is 27.3.